The van der Waals surface area contributed by atoms with E-state index >= 15 is 0 Å². The highest BCUT2D eigenvalue weighted by Crippen LogP contribution is 2.25. The molecule has 0 radical (unpaired) electrons. The van der Waals surface area contributed by atoms with Gasteiger partial charge in [-0.05, 0) is 60.0 Å². The number of amides is 2. The third kappa shape index (κ3) is 4.30. The number of hydrogen-bond acceptors (Lipinski definition) is 4. The fourth-order valence-electron chi connectivity index (χ4n) is 1.92. The SMILES string of the molecule is C/C(C=O)=C\c1ccc(/C=C(C)/C=C2\SC(=O)NC2=O)cc1. The molecule has 2 rings (SSSR count). The molecule has 0 aromatic heterocycles. The maximum atomic E-state index is 11.5. The van der Waals surface area contributed by atoms with Crippen molar-refractivity contribution in [1.29, 1.82) is 0 Å². The Morgan fingerprint density at radius 1 is 1.00 bits per heavy atom. The number of carbonyl (C=O) groups excluding carboxylic acids is 3. The highest BCUT2D eigenvalue weighted by Gasteiger charge is 2.24. The van der Waals surface area contributed by atoms with Gasteiger partial charge < -0.3 is 0 Å². The summed E-state index contributed by atoms with van der Waals surface area (Å²) < 4.78 is 0. The second-order valence-electron chi connectivity index (χ2n) is 4.91. The molecule has 1 aliphatic rings. The van der Waals surface area contributed by atoms with E-state index in [2.05, 4.69) is 5.32 Å². The molecule has 1 aromatic carbocycles. The smallest absolute Gasteiger partial charge is 0.290 e. The Kier molecular flexibility index (Phi) is 5.12. The van der Waals surface area contributed by atoms with Gasteiger partial charge in [0.25, 0.3) is 11.1 Å². The van der Waals surface area contributed by atoms with Crippen molar-refractivity contribution in [3.05, 3.63) is 57.5 Å². The van der Waals surface area contributed by atoms with Gasteiger partial charge in [0, 0.05) is 0 Å². The summed E-state index contributed by atoms with van der Waals surface area (Å²) in [6.45, 7) is 3.62. The lowest BCUT2D eigenvalue weighted by Crippen LogP contribution is -2.17. The maximum absolute atomic E-state index is 11.5. The molecular formula is C17H15NO3S. The fraction of sp³-hybridized carbons (Fsp3) is 0.118. The number of hydrogen-bond donors (Lipinski definition) is 1. The summed E-state index contributed by atoms with van der Waals surface area (Å²) in [6, 6.07) is 7.69. The van der Waals surface area contributed by atoms with Crippen LogP contribution in [-0.4, -0.2) is 17.4 Å². The van der Waals surface area contributed by atoms with Crippen molar-refractivity contribution in [1.82, 2.24) is 5.32 Å². The second kappa shape index (κ2) is 7.04. The van der Waals surface area contributed by atoms with Gasteiger partial charge in [-0.2, -0.15) is 0 Å². The Hall–Kier alpha value is -2.40. The van der Waals surface area contributed by atoms with Crippen molar-refractivity contribution in [2.24, 2.45) is 0 Å². The Bertz CT molecular complexity index is 712. The maximum Gasteiger partial charge on any atom is 0.290 e. The average Bonchev–Trinajstić information content (AvgIpc) is 2.78. The number of aldehydes is 1. The standard InChI is InChI=1S/C17H15NO3S/c1-11(9-15-16(20)18-17(21)22-15)7-13-3-5-14(6-4-13)8-12(2)10-19/h3-10H,1-2H3,(H,18,20,21)/b11-7+,12-8+,15-9-. The van der Waals surface area contributed by atoms with Crippen molar-refractivity contribution >= 4 is 41.3 Å². The van der Waals surface area contributed by atoms with E-state index in [4.69, 9.17) is 0 Å². The molecule has 22 heavy (non-hydrogen) atoms. The minimum absolute atomic E-state index is 0.342. The first-order valence-corrected chi connectivity index (χ1v) is 7.46. The Morgan fingerprint density at radius 3 is 2.00 bits per heavy atom. The summed E-state index contributed by atoms with van der Waals surface area (Å²) in [5.41, 5.74) is 3.47. The van der Waals surface area contributed by atoms with Crippen LogP contribution in [0.5, 0.6) is 0 Å². The predicted octanol–water partition coefficient (Wildman–Crippen LogP) is 3.56. The molecule has 1 N–H and O–H groups in total. The number of carbonyl (C=O) groups is 3. The number of thioether (sulfide) groups is 1. The molecule has 1 saturated heterocycles. The van der Waals surface area contributed by atoms with Crippen LogP contribution in [0.3, 0.4) is 0 Å². The Labute approximate surface area is 133 Å². The van der Waals surface area contributed by atoms with Crippen LogP contribution < -0.4 is 5.32 Å². The normalized spacial score (nSPS) is 17.8. The van der Waals surface area contributed by atoms with E-state index in [-0.39, 0.29) is 11.1 Å². The van der Waals surface area contributed by atoms with Crippen molar-refractivity contribution in [2.45, 2.75) is 13.8 Å². The number of imide groups is 1. The van der Waals surface area contributed by atoms with Gasteiger partial charge in [-0.15, -0.1) is 0 Å². The lowest BCUT2D eigenvalue weighted by molar-refractivity contribution is -0.115. The van der Waals surface area contributed by atoms with Gasteiger partial charge >= 0.3 is 0 Å². The number of rotatable bonds is 4. The van der Waals surface area contributed by atoms with Crippen LogP contribution >= 0.6 is 11.8 Å². The minimum atomic E-state index is -0.354. The van der Waals surface area contributed by atoms with Gasteiger partial charge in [0.15, 0.2) is 0 Å². The highest BCUT2D eigenvalue weighted by molar-refractivity contribution is 8.18. The number of allylic oxidation sites excluding steroid dienone is 3. The lowest BCUT2D eigenvalue weighted by atomic mass is 10.1. The summed E-state index contributed by atoms with van der Waals surface area (Å²) in [7, 11) is 0. The van der Waals surface area contributed by atoms with Crippen LogP contribution in [0.25, 0.3) is 12.2 Å². The average molecular weight is 313 g/mol. The first-order valence-electron chi connectivity index (χ1n) is 6.64. The van der Waals surface area contributed by atoms with Crippen LogP contribution in [0.2, 0.25) is 0 Å². The topological polar surface area (TPSA) is 63.2 Å². The van der Waals surface area contributed by atoms with Gasteiger partial charge in [0.05, 0.1) is 4.91 Å². The van der Waals surface area contributed by atoms with Crippen LogP contribution in [0, 0.1) is 0 Å². The zero-order chi connectivity index (χ0) is 16.1. The molecule has 1 heterocycles. The zero-order valence-corrected chi connectivity index (χ0v) is 13.1. The monoisotopic (exact) mass is 313 g/mol. The highest BCUT2D eigenvalue weighted by atomic mass is 32.2. The molecule has 1 aromatic rings. The molecule has 0 spiro atoms. The van der Waals surface area contributed by atoms with Gasteiger partial charge in [0.2, 0.25) is 0 Å². The van der Waals surface area contributed by atoms with Crippen LogP contribution in [0.15, 0.2) is 46.4 Å². The Morgan fingerprint density at radius 2 is 1.55 bits per heavy atom. The molecule has 5 heteroatoms. The summed E-state index contributed by atoms with van der Waals surface area (Å²) in [5, 5.41) is 1.88. The molecule has 0 unspecified atom stereocenters. The first-order chi connectivity index (χ1) is 10.5. The van der Waals surface area contributed by atoms with E-state index in [1.54, 1.807) is 19.1 Å². The van der Waals surface area contributed by atoms with Gasteiger partial charge in [-0.3, -0.25) is 19.7 Å². The molecular weight excluding hydrogens is 298 g/mol. The van der Waals surface area contributed by atoms with E-state index in [0.717, 1.165) is 34.7 Å². The molecule has 0 atom stereocenters. The van der Waals surface area contributed by atoms with Crippen molar-refractivity contribution in [3.63, 3.8) is 0 Å². The Balaban J connectivity index is 2.15. The predicted molar refractivity (Wildman–Crippen MR) is 89.0 cm³/mol. The second-order valence-corrected chi connectivity index (χ2v) is 5.93. The molecule has 2 amide bonds. The molecule has 0 bridgehead atoms. The van der Waals surface area contributed by atoms with Gasteiger partial charge in [0.1, 0.15) is 6.29 Å². The molecule has 1 fully saturated rings. The third-order valence-electron chi connectivity index (χ3n) is 2.91. The van der Waals surface area contributed by atoms with Crippen LogP contribution in [0.1, 0.15) is 25.0 Å². The van der Waals surface area contributed by atoms with E-state index in [9.17, 15) is 14.4 Å². The van der Waals surface area contributed by atoms with E-state index in [1.807, 2.05) is 37.3 Å². The van der Waals surface area contributed by atoms with Crippen molar-refractivity contribution in [3.8, 4) is 0 Å². The van der Waals surface area contributed by atoms with Crippen molar-refractivity contribution < 1.29 is 14.4 Å². The first kappa shape index (κ1) is 16.0. The largest absolute Gasteiger partial charge is 0.298 e. The summed E-state index contributed by atoms with van der Waals surface area (Å²) >= 11 is 0.904. The molecule has 1 aliphatic heterocycles. The summed E-state index contributed by atoms with van der Waals surface area (Å²) in [4.78, 5) is 33.6. The molecule has 0 aliphatic carbocycles. The van der Waals surface area contributed by atoms with E-state index in [0.29, 0.717) is 10.5 Å². The van der Waals surface area contributed by atoms with Crippen LogP contribution in [-0.2, 0) is 9.59 Å². The molecule has 4 nitrogen and oxygen atoms in total. The van der Waals surface area contributed by atoms with E-state index < -0.39 is 0 Å². The number of benzene rings is 1. The third-order valence-corrected chi connectivity index (χ3v) is 3.72. The number of nitrogens with one attached hydrogen (secondary N) is 1. The summed E-state index contributed by atoms with van der Waals surface area (Å²) in [6.07, 6.45) is 6.23. The summed E-state index contributed by atoms with van der Waals surface area (Å²) in [5.74, 6) is -0.354. The molecule has 112 valence electrons. The lowest BCUT2D eigenvalue weighted by Gasteiger charge is -1.99. The van der Waals surface area contributed by atoms with Crippen LogP contribution in [0.4, 0.5) is 4.79 Å². The zero-order valence-electron chi connectivity index (χ0n) is 12.3. The van der Waals surface area contributed by atoms with Crippen molar-refractivity contribution in [2.75, 3.05) is 0 Å². The van der Waals surface area contributed by atoms with Gasteiger partial charge in [-0.1, -0.05) is 30.3 Å². The fourth-order valence-corrected chi connectivity index (χ4v) is 2.65. The minimum Gasteiger partial charge on any atom is -0.298 e. The van der Waals surface area contributed by atoms with Gasteiger partial charge in [-0.25, -0.2) is 0 Å². The molecule has 0 saturated carbocycles. The quantitative estimate of drug-likeness (QED) is 0.682. The van der Waals surface area contributed by atoms with E-state index in [1.165, 1.54) is 0 Å².